The van der Waals surface area contributed by atoms with E-state index in [1.165, 1.54) is 0 Å². The second-order valence-electron chi connectivity index (χ2n) is 5.85. The van der Waals surface area contributed by atoms with Crippen LogP contribution < -0.4 is 0 Å². The summed E-state index contributed by atoms with van der Waals surface area (Å²) < 4.78 is 25.1. The van der Waals surface area contributed by atoms with Crippen LogP contribution in [0, 0.1) is 15.9 Å². The molecule has 3 rings (SSSR count). The highest BCUT2D eigenvalue weighted by Crippen LogP contribution is 2.41. The van der Waals surface area contributed by atoms with E-state index in [0.717, 1.165) is 31.0 Å². The van der Waals surface area contributed by atoms with Crippen molar-refractivity contribution in [2.45, 2.75) is 0 Å². The average Bonchev–Trinajstić information content (AvgIpc) is 3.13. The minimum Gasteiger partial charge on any atom is -0.502 e. The Bertz CT molecular complexity index is 1160. The van der Waals surface area contributed by atoms with Crippen LogP contribution in [0.25, 0.3) is 16.9 Å². The first-order valence-electron chi connectivity index (χ1n) is 8.33. The highest BCUT2D eigenvalue weighted by atomic mass is 19.1. The van der Waals surface area contributed by atoms with E-state index >= 15 is 0 Å². The average molecular weight is 415 g/mol. The molecule has 0 spiro atoms. The number of benzene rings is 2. The van der Waals surface area contributed by atoms with E-state index in [9.17, 15) is 29.2 Å². The fourth-order valence-corrected chi connectivity index (χ4v) is 2.86. The van der Waals surface area contributed by atoms with Crippen molar-refractivity contribution >= 4 is 17.6 Å². The van der Waals surface area contributed by atoms with Crippen LogP contribution in [0.2, 0.25) is 0 Å². The second-order valence-corrected chi connectivity index (χ2v) is 5.85. The number of hydrogen-bond acceptors (Lipinski definition) is 8. The third kappa shape index (κ3) is 3.32. The molecule has 0 aliphatic heterocycles. The van der Waals surface area contributed by atoms with E-state index in [-0.39, 0.29) is 0 Å². The number of ether oxygens (including phenoxy) is 2. The smallest absolute Gasteiger partial charge is 0.357 e. The highest BCUT2D eigenvalue weighted by molar-refractivity contribution is 6.07. The van der Waals surface area contributed by atoms with Gasteiger partial charge in [0.15, 0.2) is 5.69 Å². The van der Waals surface area contributed by atoms with Crippen LogP contribution in [0.3, 0.4) is 0 Å². The first-order chi connectivity index (χ1) is 14.3. The van der Waals surface area contributed by atoms with Gasteiger partial charge in [0.2, 0.25) is 5.75 Å². The number of nitro benzene ring substituents is 1. The molecule has 154 valence electrons. The number of para-hydroxylation sites is 1. The van der Waals surface area contributed by atoms with E-state index in [4.69, 9.17) is 9.47 Å². The van der Waals surface area contributed by atoms with Gasteiger partial charge in [0, 0.05) is 6.07 Å². The lowest BCUT2D eigenvalue weighted by molar-refractivity contribution is -0.385. The van der Waals surface area contributed by atoms with Crippen molar-refractivity contribution in [1.82, 2.24) is 9.78 Å². The molecule has 1 N–H and O–H groups in total. The lowest BCUT2D eigenvalue weighted by Gasteiger charge is -2.07. The summed E-state index contributed by atoms with van der Waals surface area (Å²) >= 11 is 0. The van der Waals surface area contributed by atoms with Crippen LogP contribution in [-0.2, 0) is 9.47 Å². The summed E-state index contributed by atoms with van der Waals surface area (Å²) in [5, 5.41) is 25.6. The van der Waals surface area contributed by atoms with Gasteiger partial charge in [-0.1, -0.05) is 18.2 Å². The van der Waals surface area contributed by atoms with Gasteiger partial charge in [-0.05, 0) is 18.2 Å². The van der Waals surface area contributed by atoms with Gasteiger partial charge in [-0.3, -0.25) is 10.1 Å². The summed E-state index contributed by atoms with van der Waals surface area (Å²) in [4.78, 5) is 35.2. The SMILES string of the molecule is COC(=O)c1c(-c2c(F)ccc([N+](=O)[O-])c2O)nn(-c2ccccc2)c1C(=O)OC. The number of halogens is 1. The number of aromatic nitrogens is 2. The Morgan fingerprint density at radius 3 is 2.30 bits per heavy atom. The molecule has 0 saturated carbocycles. The summed E-state index contributed by atoms with van der Waals surface area (Å²) in [5.41, 5.74) is -2.69. The number of esters is 2. The molecule has 2 aromatic carbocycles. The summed E-state index contributed by atoms with van der Waals surface area (Å²) in [7, 11) is 2.09. The molecular formula is C19H14FN3O7. The maximum atomic E-state index is 14.7. The molecule has 0 bridgehead atoms. The van der Waals surface area contributed by atoms with Gasteiger partial charge in [0.25, 0.3) is 0 Å². The topological polar surface area (TPSA) is 134 Å². The highest BCUT2D eigenvalue weighted by Gasteiger charge is 2.35. The van der Waals surface area contributed by atoms with Crippen LogP contribution in [0.5, 0.6) is 5.75 Å². The first-order valence-corrected chi connectivity index (χ1v) is 8.33. The first kappa shape index (κ1) is 20.5. The van der Waals surface area contributed by atoms with Gasteiger partial charge in [-0.15, -0.1) is 0 Å². The standard InChI is InChI=1S/C19H14FN3O7/c1-29-18(25)14-15(13-11(20)8-9-12(17(13)24)23(27)28)21-22(16(14)19(26)30-2)10-6-4-3-5-7-10/h3-9,24H,1-2H3. The van der Waals surface area contributed by atoms with E-state index < -0.39 is 56.6 Å². The third-order valence-electron chi connectivity index (χ3n) is 4.19. The molecule has 1 aromatic heterocycles. The van der Waals surface area contributed by atoms with Crippen LogP contribution in [0.15, 0.2) is 42.5 Å². The molecule has 0 amide bonds. The molecule has 0 saturated heterocycles. The van der Waals surface area contributed by atoms with Crippen LogP contribution >= 0.6 is 0 Å². The lowest BCUT2D eigenvalue weighted by Crippen LogP contribution is -2.15. The summed E-state index contributed by atoms with van der Waals surface area (Å²) in [5.74, 6) is -4.24. The Morgan fingerprint density at radius 1 is 1.10 bits per heavy atom. The zero-order valence-corrected chi connectivity index (χ0v) is 15.7. The molecule has 1 heterocycles. The molecule has 0 fully saturated rings. The number of carbonyl (C=O) groups is 2. The number of nitrogens with zero attached hydrogens (tertiary/aromatic N) is 3. The maximum Gasteiger partial charge on any atom is 0.357 e. The summed E-state index contributed by atoms with van der Waals surface area (Å²) in [6.07, 6.45) is 0. The predicted molar refractivity (Wildman–Crippen MR) is 100.0 cm³/mol. The summed E-state index contributed by atoms with van der Waals surface area (Å²) in [6, 6.07) is 9.55. The number of hydrogen-bond donors (Lipinski definition) is 1. The summed E-state index contributed by atoms with van der Waals surface area (Å²) in [6.45, 7) is 0. The van der Waals surface area contributed by atoms with Crippen molar-refractivity contribution in [3.8, 4) is 22.7 Å². The zero-order chi connectivity index (χ0) is 22.0. The van der Waals surface area contributed by atoms with Crippen molar-refractivity contribution in [3.63, 3.8) is 0 Å². The fourth-order valence-electron chi connectivity index (χ4n) is 2.86. The number of nitro groups is 1. The minimum absolute atomic E-state index is 0.305. The molecule has 0 atom stereocenters. The molecule has 0 aliphatic rings. The van der Waals surface area contributed by atoms with Gasteiger partial charge in [-0.25, -0.2) is 18.7 Å². The van der Waals surface area contributed by atoms with Crippen molar-refractivity contribution in [3.05, 3.63) is 69.7 Å². The molecule has 3 aromatic rings. The van der Waals surface area contributed by atoms with Crippen LogP contribution in [-0.4, -0.2) is 46.0 Å². The van der Waals surface area contributed by atoms with Gasteiger partial charge in [-0.2, -0.15) is 5.10 Å². The Kier molecular flexibility index (Phi) is 5.45. The normalized spacial score (nSPS) is 10.5. The number of phenolic OH excluding ortho intramolecular Hbond substituents is 1. The Balaban J connectivity index is 2.46. The fraction of sp³-hybridized carbons (Fsp3) is 0.105. The van der Waals surface area contributed by atoms with E-state index in [2.05, 4.69) is 5.10 Å². The van der Waals surface area contributed by atoms with Crippen molar-refractivity contribution < 1.29 is 33.5 Å². The molecule has 30 heavy (non-hydrogen) atoms. The second kappa shape index (κ2) is 7.99. The number of rotatable bonds is 5. The van der Waals surface area contributed by atoms with Crippen molar-refractivity contribution in [1.29, 1.82) is 0 Å². The van der Waals surface area contributed by atoms with Gasteiger partial charge < -0.3 is 14.6 Å². The maximum absolute atomic E-state index is 14.7. The number of phenols is 1. The monoisotopic (exact) mass is 415 g/mol. The number of carbonyl (C=O) groups excluding carboxylic acids is 2. The Hall–Kier alpha value is -4.28. The van der Waals surface area contributed by atoms with E-state index in [1.807, 2.05) is 0 Å². The van der Waals surface area contributed by atoms with Gasteiger partial charge >= 0.3 is 17.6 Å². The van der Waals surface area contributed by atoms with Crippen molar-refractivity contribution in [2.75, 3.05) is 14.2 Å². The number of aromatic hydroxyl groups is 1. The number of methoxy groups -OCH3 is 2. The molecule has 0 unspecified atom stereocenters. The Labute approximate surface area is 168 Å². The quantitative estimate of drug-likeness (QED) is 0.382. The Morgan fingerprint density at radius 2 is 1.73 bits per heavy atom. The van der Waals surface area contributed by atoms with E-state index in [0.29, 0.717) is 5.69 Å². The van der Waals surface area contributed by atoms with Crippen LogP contribution in [0.4, 0.5) is 10.1 Å². The third-order valence-corrected chi connectivity index (χ3v) is 4.19. The van der Waals surface area contributed by atoms with Gasteiger partial charge in [0.05, 0.1) is 30.4 Å². The van der Waals surface area contributed by atoms with Crippen molar-refractivity contribution in [2.24, 2.45) is 0 Å². The largest absolute Gasteiger partial charge is 0.502 e. The molecule has 10 nitrogen and oxygen atoms in total. The minimum atomic E-state index is -1.10. The van der Waals surface area contributed by atoms with Gasteiger partial charge in [0.1, 0.15) is 17.1 Å². The molecule has 0 radical (unpaired) electrons. The zero-order valence-electron chi connectivity index (χ0n) is 15.7. The lowest BCUT2D eigenvalue weighted by atomic mass is 10.0. The van der Waals surface area contributed by atoms with E-state index in [1.54, 1.807) is 30.3 Å². The molecular weight excluding hydrogens is 401 g/mol. The van der Waals surface area contributed by atoms with Crippen LogP contribution in [0.1, 0.15) is 20.8 Å². The molecule has 11 heteroatoms. The predicted octanol–water partition coefficient (Wildman–Crippen LogP) is 2.87. The molecule has 0 aliphatic carbocycles.